The average molecular weight is 295 g/mol. The lowest BCUT2D eigenvalue weighted by Crippen LogP contribution is -2.25. The van der Waals surface area contributed by atoms with Crippen LogP contribution in [-0.2, 0) is 9.47 Å². The second-order valence-electron chi connectivity index (χ2n) is 3.78. The van der Waals surface area contributed by atoms with Crippen LogP contribution in [0.5, 0.6) is 0 Å². The fourth-order valence-corrected chi connectivity index (χ4v) is 3.14. The normalized spacial score (nSPS) is 17.3. The molecule has 1 fully saturated rings. The van der Waals surface area contributed by atoms with E-state index in [4.69, 9.17) is 32.7 Å². The molecule has 6 heteroatoms. The van der Waals surface area contributed by atoms with Gasteiger partial charge in [-0.25, -0.2) is 0 Å². The number of halogens is 2. The number of rotatable bonds is 4. The van der Waals surface area contributed by atoms with Crippen molar-refractivity contribution in [1.29, 1.82) is 0 Å². The molecule has 0 saturated carbocycles. The fourth-order valence-electron chi connectivity index (χ4n) is 1.64. The van der Waals surface area contributed by atoms with Crippen molar-refractivity contribution in [2.45, 2.75) is 18.9 Å². The predicted octanol–water partition coefficient (Wildman–Crippen LogP) is 3.43. The van der Waals surface area contributed by atoms with E-state index in [2.05, 4.69) is 0 Å². The maximum absolute atomic E-state index is 11.8. The highest BCUT2D eigenvalue weighted by atomic mass is 35.5. The molecular weight excluding hydrogens is 283 g/mol. The molecule has 1 aromatic rings. The van der Waals surface area contributed by atoms with Crippen molar-refractivity contribution in [3.8, 4) is 0 Å². The van der Waals surface area contributed by atoms with Crippen molar-refractivity contribution < 1.29 is 14.3 Å². The highest BCUT2D eigenvalue weighted by Gasteiger charge is 2.18. The van der Waals surface area contributed by atoms with Crippen LogP contribution in [0.2, 0.25) is 8.67 Å². The van der Waals surface area contributed by atoms with Gasteiger partial charge < -0.3 is 9.47 Å². The van der Waals surface area contributed by atoms with Gasteiger partial charge in [-0.3, -0.25) is 4.79 Å². The molecule has 2 heterocycles. The Bertz CT molecular complexity index is 399. The summed E-state index contributed by atoms with van der Waals surface area (Å²) in [6.07, 6.45) is 1.79. The largest absolute Gasteiger partial charge is 0.381 e. The third-order valence-corrected chi connectivity index (χ3v) is 4.06. The second kappa shape index (κ2) is 6.16. The molecule has 17 heavy (non-hydrogen) atoms. The number of carbonyl (C=O) groups excluding carboxylic acids is 1. The smallest absolute Gasteiger partial charge is 0.190 e. The van der Waals surface area contributed by atoms with Crippen LogP contribution < -0.4 is 0 Å². The van der Waals surface area contributed by atoms with E-state index in [9.17, 15) is 4.79 Å². The summed E-state index contributed by atoms with van der Waals surface area (Å²) in [7, 11) is 0. The predicted molar refractivity (Wildman–Crippen MR) is 68.5 cm³/mol. The van der Waals surface area contributed by atoms with E-state index in [-0.39, 0.29) is 18.5 Å². The molecule has 0 aliphatic carbocycles. The Morgan fingerprint density at radius 3 is 2.76 bits per heavy atom. The molecule has 0 atom stereocenters. The van der Waals surface area contributed by atoms with Crippen LogP contribution >= 0.6 is 34.5 Å². The molecule has 0 bridgehead atoms. The minimum atomic E-state index is -0.121. The van der Waals surface area contributed by atoms with E-state index >= 15 is 0 Å². The van der Waals surface area contributed by atoms with E-state index in [0.717, 1.165) is 12.8 Å². The summed E-state index contributed by atoms with van der Waals surface area (Å²) in [5, 5.41) is 0. The summed E-state index contributed by atoms with van der Waals surface area (Å²) in [6.45, 7) is 1.45. The molecule has 1 saturated heterocycles. The van der Waals surface area contributed by atoms with Gasteiger partial charge in [0.1, 0.15) is 10.9 Å². The van der Waals surface area contributed by atoms with E-state index in [0.29, 0.717) is 27.4 Å². The summed E-state index contributed by atoms with van der Waals surface area (Å²) in [6, 6.07) is 1.59. The molecule has 3 nitrogen and oxygen atoms in total. The van der Waals surface area contributed by atoms with Gasteiger partial charge in [0.25, 0.3) is 0 Å². The van der Waals surface area contributed by atoms with Gasteiger partial charge >= 0.3 is 0 Å². The molecule has 1 aliphatic heterocycles. The van der Waals surface area contributed by atoms with Gasteiger partial charge in [0.15, 0.2) is 5.78 Å². The number of hydrogen-bond donors (Lipinski definition) is 0. The standard InChI is InChI=1S/C11H12Cl2O3S/c12-10-5-8(11(13)17-10)9(14)6-16-7-1-3-15-4-2-7/h5,7H,1-4,6H2. The first kappa shape index (κ1) is 13.3. The van der Waals surface area contributed by atoms with E-state index < -0.39 is 0 Å². The van der Waals surface area contributed by atoms with E-state index in [1.54, 1.807) is 6.07 Å². The molecule has 94 valence electrons. The topological polar surface area (TPSA) is 35.5 Å². The lowest BCUT2D eigenvalue weighted by molar-refractivity contribution is -0.0262. The fraction of sp³-hybridized carbons (Fsp3) is 0.545. The maximum atomic E-state index is 11.8. The van der Waals surface area contributed by atoms with Gasteiger partial charge in [0.2, 0.25) is 0 Å². The summed E-state index contributed by atoms with van der Waals surface area (Å²) in [5.74, 6) is -0.121. The van der Waals surface area contributed by atoms with Gasteiger partial charge in [-0.15, -0.1) is 11.3 Å². The van der Waals surface area contributed by atoms with Crippen LogP contribution in [-0.4, -0.2) is 31.7 Å². The van der Waals surface area contributed by atoms with Crippen LogP contribution in [0.3, 0.4) is 0 Å². The first-order valence-corrected chi connectivity index (χ1v) is 6.91. The number of Topliss-reactive ketones (excluding diaryl/α,β-unsaturated/α-hetero) is 1. The molecular formula is C11H12Cl2O3S. The number of thiophene rings is 1. The molecule has 0 N–H and O–H groups in total. The van der Waals surface area contributed by atoms with Crippen LogP contribution in [0.1, 0.15) is 23.2 Å². The van der Waals surface area contributed by atoms with Gasteiger partial charge in [-0.05, 0) is 18.9 Å². The Morgan fingerprint density at radius 2 is 2.18 bits per heavy atom. The molecule has 2 rings (SSSR count). The van der Waals surface area contributed by atoms with Crippen LogP contribution in [0, 0.1) is 0 Å². The summed E-state index contributed by atoms with van der Waals surface area (Å²) in [5.41, 5.74) is 0.453. The second-order valence-corrected chi connectivity index (χ2v) is 6.07. The third-order valence-electron chi connectivity index (χ3n) is 2.58. The van der Waals surface area contributed by atoms with Gasteiger partial charge in [-0.1, -0.05) is 23.2 Å². The SMILES string of the molecule is O=C(COC1CCOCC1)c1cc(Cl)sc1Cl. The summed E-state index contributed by atoms with van der Waals surface area (Å²) in [4.78, 5) is 11.8. The van der Waals surface area contributed by atoms with Crippen molar-refractivity contribution in [2.24, 2.45) is 0 Å². The minimum Gasteiger partial charge on any atom is -0.381 e. The summed E-state index contributed by atoms with van der Waals surface area (Å²) < 4.78 is 11.7. The first-order chi connectivity index (χ1) is 8.16. The van der Waals surface area contributed by atoms with Crippen LogP contribution in [0.25, 0.3) is 0 Å². The minimum absolute atomic E-state index is 0.0530. The average Bonchev–Trinajstić information content (AvgIpc) is 2.67. The number of ketones is 1. The first-order valence-electron chi connectivity index (χ1n) is 5.34. The summed E-state index contributed by atoms with van der Waals surface area (Å²) >= 11 is 12.9. The molecule has 0 radical (unpaired) electrons. The zero-order valence-electron chi connectivity index (χ0n) is 9.08. The Morgan fingerprint density at radius 1 is 1.47 bits per heavy atom. The Hall–Kier alpha value is -0.130. The van der Waals surface area contributed by atoms with Gasteiger partial charge in [0.05, 0.1) is 16.0 Å². The van der Waals surface area contributed by atoms with E-state index in [1.165, 1.54) is 11.3 Å². The van der Waals surface area contributed by atoms with E-state index in [1.807, 2.05) is 0 Å². The quantitative estimate of drug-likeness (QED) is 0.798. The van der Waals surface area contributed by atoms with Gasteiger partial charge in [0, 0.05) is 13.2 Å². The number of ether oxygens (including phenoxy) is 2. The Kier molecular flexibility index (Phi) is 4.82. The highest BCUT2D eigenvalue weighted by Crippen LogP contribution is 2.31. The lowest BCUT2D eigenvalue weighted by atomic mass is 10.1. The van der Waals surface area contributed by atoms with Crippen molar-refractivity contribution in [3.05, 3.63) is 20.3 Å². The Labute approximate surface area is 114 Å². The van der Waals surface area contributed by atoms with Crippen LogP contribution in [0.4, 0.5) is 0 Å². The zero-order valence-corrected chi connectivity index (χ0v) is 11.4. The molecule has 0 amide bonds. The molecule has 1 aromatic heterocycles. The molecule has 0 spiro atoms. The zero-order chi connectivity index (χ0) is 12.3. The van der Waals surface area contributed by atoms with Crippen molar-refractivity contribution in [2.75, 3.05) is 19.8 Å². The Balaban J connectivity index is 1.86. The molecule has 1 aliphatic rings. The number of carbonyl (C=O) groups is 1. The highest BCUT2D eigenvalue weighted by molar-refractivity contribution is 7.20. The van der Waals surface area contributed by atoms with Crippen LogP contribution in [0.15, 0.2) is 6.07 Å². The molecule has 0 aromatic carbocycles. The van der Waals surface area contributed by atoms with Crippen molar-refractivity contribution >= 4 is 40.3 Å². The maximum Gasteiger partial charge on any atom is 0.190 e. The number of hydrogen-bond acceptors (Lipinski definition) is 4. The van der Waals surface area contributed by atoms with Crippen molar-refractivity contribution in [1.82, 2.24) is 0 Å². The van der Waals surface area contributed by atoms with Crippen molar-refractivity contribution in [3.63, 3.8) is 0 Å². The third kappa shape index (κ3) is 3.66. The molecule has 0 unspecified atom stereocenters. The lowest BCUT2D eigenvalue weighted by Gasteiger charge is -2.21. The monoisotopic (exact) mass is 294 g/mol. The van der Waals surface area contributed by atoms with Gasteiger partial charge in [-0.2, -0.15) is 0 Å².